The minimum Gasteiger partial charge on any atom is -0.481 e. The van der Waals surface area contributed by atoms with Crippen molar-refractivity contribution in [2.75, 3.05) is 13.1 Å². The number of carbonyl (C=O) groups is 2. The Bertz CT molecular complexity index is 629. The lowest BCUT2D eigenvalue weighted by molar-refractivity contribution is -0.137. The second kappa shape index (κ2) is 6.87. The molecule has 1 amide bonds. The average Bonchev–Trinajstić information content (AvgIpc) is 3.32. The summed E-state index contributed by atoms with van der Waals surface area (Å²) in [5.74, 6) is -2.59. The Labute approximate surface area is 139 Å². The van der Waals surface area contributed by atoms with Crippen LogP contribution in [0.5, 0.6) is 0 Å². The van der Waals surface area contributed by atoms with Gasteiger partial charge in [-0.2, -0.15) is 0 Å². The van der Waals surface area contributed by atoms with Crippen LogP contribution in [-0.2, 0) is 9.59 Å². The topological polar surface area (TPSA) is 57.6 Å². The molecule has 0 aromatic heterocycles. The Balaban J connectivity index is 1.60. The molecule has 24 heavy (non-hydrogen) atoms. The summed E-state index contributed by atoms with van der Waals surface area (Å²) in [6.07, 6.45) is 2.93. The van der Waals surface area contributed by atoms with Crippen LogP contribution in [0.3, 0.4) is 0 Å². The summed E-state index contributed by atoms with van der Waals surface area (Å²) in [6.45, 7) is 1.19. The van der Waals surface area contributed by atoms with Crippen molar-refractivity contribution in [3.63, 3.8) is 0 Å². The molecule has 2 aliphatic rings. The Hall–Kier alpha value is -1.98. The maximum atomic E-state index is 13.8. The number of rotatable bonds is 5. The fraction of sp³-hybridized carbons (Fsp3) is 0.556. The highest BCUT2D eigenvalue weighted by Crippen LogP contribution is 2.50. The molecule has 0 radical (unpaired) electrons. The Morgan fingerprint density at radius 2 is 1.96 bits per heavy atom. The number of nitrogens with zero attached hydrogens (tertiary/aromatic N) is 1. The molecule has 1 N–H and O–H groups in total. The fourth-order valence-corrected chi connectivity index (χ4v) is 3.71. The van der Waals surface area contributed by atoms with Crippen molar-refractivity contribution in [3.8, 4) is 0 Å². The highest BCUT2D eigenvalue weighted by Gasteiger charge is 2.48. The van der Waals surface area contributed by atoms with Crippen molar-refractivity contribution in [3.05, 3.63) is 35.4 Å². The molecule has 1 saturated heterocycles. The van der Waals surface area contributed by atoms with E-state index in [-0.39, 0.29) is 35.6 Å². The van der Waals surface area contributed by atoms with E-state index in [1.54, 1.807) is 4.90 Å². The molecule has 3 atom stereocenters. The number of hydrogen-bond acceptors (Lipinski definition) is 2. The molecule has 2 fully saturated rings. The smallest absolute Gasteiger partial charge is 0.303 e. The second-order valence-corrected chi connectivity index (χ2v) is 6.81. The number of hydrogen-bond donors (Lipinski definition) is 1. The van der Waals surface area contributed by atoms with Crippen LogP contribution in [0.1, 0.15) is 43.6 Å². The molecule has 130 valence electrons. The number of carboxylic acid groups (broad SMARTS) is 1. The van der Waals surface area contributed by atoms with Crippen LogP contribution < -0.4 is 0 Å². The van der Waals surface area contributed by atoms with Crippen LogP contribution >= 0.6 is 0 Å². The summed E-state index contributed by atoms with van der Waals surface area (Å²) in [5, 5.41) is 8.78. The first-order valence-corrected chi connectivity index (χ1v) is 8.42. The van der Waals surface area contributed by atoms with Gasteiger partial charge in [-0.05, 0) is 43.7 Å². The zero-order valence-corrected chi connectivity index (χ0v) is 13.4. The first-order chi connectivity index (χ1) is 11.5. The lowest BCUT2D eigenvalue weighted by Crippen LogP contribution is -2.41. The molecule has 3 rings (SSSR count). The van der Waals surface area contributed by atoms with Gasteiger partial charge in [0.05, 0.1) is 0 Å². The average molecular weight is 337 g/mol. The van der Waals surface area contributed by atoms with Crippen molar-refractivity contribution in [1.29, 1.82) is 0 Å². The van der Waals surface area contributed by atoms with Gasteiger partial charge in [0.1, 0.15) is 11.6 Å². The van der Waals surface area contributed by atoms with Crippen LogP contribution in [0.4, 0.5) is 8.78 Å². The number of carbonyl (C=O) groups excluding carboxylic acids is 1. The summed E-state index contributed by atoms with van der Waals surface area (Å²) in [4.78, 5) is 25.1. The fourth-order valence-electron chi connectivity index (χ4n) is 3.71. The van der Waals surface area contributed by atoms with Crippen LogP contribution in [0.25, 0.3) is 0 Å². The van der Waals surface area contributed by atoms with Gasteiger partial charge in [-0.1, -0.05) is 6.07 Å². The van der Waals surface area contributed by atoms with Crippen molar-refractivity contribution >= 4 is 11.9 Å². The molecule has 6 heteroatoms. The van der Waals surface area contributed by atoms with Gasteiger partial charge in [0.15, 0.2) is 0 Å². The van der Waals surface area contributed by atoms with Crippen LogP contribution in [0.2, 0.25) is 0 Å². The van der Waals surface area contributed by atoms with E-state index in [1.165, 1.54) is 18.2 Å². The van der Waals surface area contributed by atoms with Gasteiger partial charge in [0, 0.05) is 36.9 Å². The molecule has 0 unspecified atom stereocenters. The number of carboxylic acids is 1. The lowest BCUT2D eigenvalue weighted by atomic mass is 9.93. The summed E-state index contributed by atoms with van der Waals surface area (Å²) in [5.41, 5.74) is 0.0234. The van der Waals surface area contributed by atoms with E-state index in [0.717, 1.165) is 12.8 Å². The minimum absolute atomic E-state index is 0.0234. The third kappa shape index (κ3) is 3.57. The standard InChI is InChI=1S/C18H21F2NO3/c19-14-4-1-5-15(20)17(14)12-9-13(12)18(24)21-8-2-3-11(10-21)6-7-16(22)23/h1,4-5,11-13H,2-3,6-10H2,(H,22,23)/t11-,12-,13+/m0/s1. The van der Waals surface area contributed by atoms with Crippen molar-refractivity contribution in [1.82, 2.24) is 4.90 Å². The third-order valence-electron chi connectivity index (χ3n) is 5.08. The zero-order valence-electron chi connectivity index (χ0n) is 13.4. The highest BCUT2D eigenvalue weighted by atomic mass is 19.1. The normalized spacial score (nSPS) is 26.2. The molecule has 0 bridgehead atoms. The number of aliphatic carboxylic acids is 1. The quantitative estimate of drug-likeness (QED) is 0.898. The van der Waals surface area contributed by atoms with E-state index in [9.17, 15) is 18.4 Å². The minimum atomic E-state index is -0.823. The van der Waals surface area contributed by atoms with Gasteiger partial charge in [0.25, 0.3) is 0 Å². The third-order valence-corrected chi connectivity index (χ3v) is 5.08. The van der Waals surface area contributed by atoms with Gasteiger partial charge >= 0.3 is 5.97 Å². The van der Waals surface area contributed by atoms with Gasteiger partial charge in [-0.25, -0.2) is 8.78 Å². The lowest BCUT2D eigenvalue weighted by Gasteiger charge is -2.33. The number of halogens is 2. The monoisotopic (exact) mass is 337 g/mol. The maximum absolute atomic E-state index is 13.8. The largest absolute Gasteiger partial charge is 0.481 e. The molecular formula is C18H21F2NO3. The molecule has 1 heterocycles. The van der Waals surface area contributed by atoms with Crippen LogP contribution in [0, 0.1) is 23.5 Å². The van der Waals surface area contributed by atoms with E-state index < -0.39 is 17.6 Å². The number of benzene rings is 1. The van der Waals surface area contributed by atoms with E-state index in [2.05, 4.69) is 0 Å². The van der Waals surface area contributed by atoms with Gasteiger partial charge in [-0.3, -0.25) is 9.59 Å². The van der Waals surface area contributed by atoms with Crippen molar-refractivity contribution in [2.24, 2.45) is 11.8 Å². The highest BCUT2D eigenvalue weighted by molar-refractivity contribution is 5.83. The first-order valence-electron chi connectivity index (χ1n) is 8.42. The van der Waals surface area contributed by atoms with E-state index in [4.69, 9.17) is 5.11 Å². The molecule has 4 nitrogen and oxygen atoms in total. The summed E-state index contributed by atoms with van der Waals surface area (Å²) in [6, 6.07) is 3.77. The number of amides is 1. The maximum Gasteiger partial charge on any atom is 0.303 e. The molecular weight excluding hydrogens is 316 g/mol. The van der Waals surface area contributed by atoms with Gasteiger partial charge in [-0.15, -0.1) is 0 Å². The predicted octanol–water partition coefficient (Wildman–Crippen LogP) is 3.17. The van der Waals surface area contributed by atoms with Crippen molar-refractivity contribution in [2.45, 2.75) is 38.0 Å². The zero-order chi connectivity index (χ0) is 17.3. The van der Waals surface area contributed by atoms with Crippen LogP contribution in [0.15, 0.2) is 18.2 Å². The molecule has 1 aliphatic carbocycles. The molecule has 1 aromatic rings. The van der Waals surface area contributed by atoms with E-state index in [1.807, 2.05) is 0 Å². The SMILES string of the molecule is O=C(O)CC[C@@H]1CCCN(C(=O)[C@@H]2C[C@@H]2c2c(F)cccc2F)C1. The number of likely N-dealkylation sites (tertiary alicyclic amines) is 1. The molecule has 1 saturated carbocycles. The Morgan fingerprint density at radius 1 is 1.25 bits per heavy atom. The predicted molar refractivity (Wildman–Crippen MR) is 83.4 cm³/mol. The molecule has 0 spiro atoms. The Morgan fingerprint density at radius 3 is 2.62 bits per heavy atom. The first kappa shape index (κ1) is 16.9. The Kier molecular flexibility index (Phi) is 4.83. The summed E-state index contributed by atoms with van der Waals surface area (Å²) < 4.78 is 27.7. The summed E-state index contributed by atoms with van der Waals surface area (Å²) in [7, 11) is 0. The summed E-state index contributed by atoms with van der Waals surface area (Å²) >= 11 is 0. The molecule has 1 aliphatic heterocycles. The van der Waals surface area contributed by atoms with Gasteiger partial charge in [0.2, 0.25) is 5.91 Å². The molecule has 1 aromatic carbocycles. The van der Waals surface area contributed by atoms with Gasteiger partial charge < -0.3 is 10.0 Å². The van der Waals surface area contributed by atoms with Crippen molar-refractivity contribution < 1.29 is 23.5 Å². The van der Waals surface area contributed by atoms with Crippen LogP contribution in [-0.4, -0.2) is 35.0 Å². The number of piperidine rings is 1. The van der Waals surface area contributed by atoms with E-state index in [0.29, 0.717) is 25.9 Å². The van der Waals surface area contributed by atoms with E-state index >= 15 is 0 Å². The second-order valence-electron chi connectivity index (χ2n) is 6.81.